The molecule has 0 atom stereocenters. The first-order valence-electron chi connectivity index (χ1n) is 6.26. The van der Waals surface area contributed by atoms with Crippen LogP contribution in [0.1, 0.15) is 23.0 Å². The highest BCUT2D eigenvalue weighted by molar-refractivity contribution is 5.95. The van der Waals surface area contributed by atoms with Crippen LogP contribution in [0.15, 0.2) is 30.3 Å². The fourth-order valence-corrected chi connectivity index (χ4v) is 2.05. The third-order valence-corrected chi connectivity index (χ3v) is 2.92. The van der Waals surface area contributed by atoms with Gasteiger partial charge in [-0.05, 0) is 49.2 Å². The van der Waals surface area contributed by atoms with Gasteiger partial charge in [-0.15, -0.1) is 0 Å². The van der Waals surface area contributed by atoms with Gasteiger partial charge in [-0.2, -0.15) is 0 Å². The van der Waals surface area contributed by atoms with Crippen LogP contribution in [0.25, 0.3) is 11.1 Å². The Kier molecular flexibility index (Phi) is 3.89. The minimum absolute atomic E-state index is 0.0442. The number of hydrogen-bond acceptors (Lipinski definition) is 4. The number of benzene rings is 1. The maximum absolute atomic E-state index is 11.3. The molecular formula is C15H16N2O3. The van der Waals surface area contributed by atoms with E-state index in [4.69, 9.17) is 10.5 Å². The first-order chi connectivity index (χ1) is 9.52. The van der Waals surface area contributed by atoms with Crippen LogP contribution in [0.4, 0.5) is 5.82 Å². The number of anilines is 1. The minimum atomic E-state index is -1.10. The average Bonchev–Trinajstić information content (AvgIpc) is 2.40. The Labute approximate surface area is 117 Å². The van der Waals surface area contributed by atoms with E-state index in [1.807, 2.05) is 32.0 Å². The molecule has 0 radical (unpaired) electrons. The molecule has 0 fully saturated rings. The maximum Gasteiger partial charge on any atom is 0.355 e. The lowest BCUT2D eigenvalue weighted by Crippen LogP contribution is -2.06. The van der Waals surface area contributed by atoms with Crippen LogP contribution in [-0.2, 0) is 0 Å². The second-order valence-electron chi connectivity index (χ2n) is 4.35. The lowest BCUT2D eigenvalue weighted by molar-refractivity contribution is 0.0691. The quantitative estimate of drug-likeness (QED) is 0.893. The number of aryl methyl sites for hydroxylation is 1. The van der Waals surface area contributed by atoms with Gasteiger partial charge >= 0.3 is 5.97 Å². The van der Waals surface area contributed by atoms with Crippen molar-refractivity contribution in [1.29, 1.82) is 0 Å². The van der Waals surface area contributed by atoms with Crippen LogP contribution in [0, 0.1) is 6.92 Å². The number of rotatable bonds is 4. The molecule has 2 aromatic rings. The summed E-state index contributed by atoms with van der Waals surface area (Å²) in [7, 11) is 0. The van der Waals surface area contributed by atoms with Gasteiger partial charge in [-0.25, -0.2) is 9.78 Å². The summed E-state index contributed by atoms with van der Waals surface area (Å²) in [4.78, 5) is 15.2. The van der Waals surface area contributed by atoms with E-state index in [1.165, 1.54) is 0 Å². The number of nitrogen functional groups attached to an aromatic ring is 1. The van der Waals surface area contributed by atoms with Gasteiger partial charge in [0, 0.05) is 5.56 Å². The van der Waals surface area contributed by atoms with Crippen molar-refractivity contribution in [1.82, 2.24) is 4.98 Å². The van der Waals surface area contributed by atoms with Crippen molar-refractivity contribution in [3.8, 4) is 16.9 Å². The van der Waals surface area contributed by atoms with E-state index in [9.17, 15) is 9.90 Å². The van der Waals surface area contributed by atoms with Crippen LogP contribution in [0.3, 0.4) is 0 Å². The maximum atomic E-state index is 11.3. The molecule has 20 heavy (non-hydrogen) atoms. The number of aromatic carboxylic acids is 1. The largest absolute Gasteiger partial charge is 0.494 e. The van der Waals surface area contributed by atoms with E-state index in [-0.39, 0.29) is 11.5 Å². The first-order valence-corrected chi connectivity index (χ1v) is 6.26. The van der Waals surface area contributed by atoms with Gasteiger partial charge in [0.25, 0.3) is 0 Å². The SMILES string of the molecule is CCOc1ccc(-c2ccc(N)nc2C(=O)O)c(C)c1. The molecule has 104 valence electrons. The predicted molar refractivity (Wildman–Crippen MR) is 77.0 cm³/mol. The van der Waals surface area contributed by atoms with Gasteiger partial charge in [0.05, 0.1) is 6.61 Å². The summed E-state index contributed by atoms with van der Waals surface area (Å²) < 4.78 is 5.42. The second-order valence-corrected chi connectivity index (χ2v) is 4.35. The van der Waals surface area contributed by atoms with Gasteiger partial charge in [0.15, 0.2) is 5.69 Å². The zero-order valence-corrected chi connectivity index (χ0v) is 11.4. The molecule has 2 rings (SSSR count). The van der Waals surface area contributed by atoms with Crippen molar-refractivity contribution in [2.45, 2.75) is 13.8 Å². The number of carbonyl (C=O) groups is 1. The van der Waals surface area contributed by atoms with Crippen molar-refractivity contribution in [2.24, 2.45) is 0 Å². The summed E-state index contributed by atoms with van der Waals surface area (Å²) in [6, 6.07) is 8.79. The number of aromatic nitrogens is 1. The zero-order valence-electron chi connectivity index (χ0n) is 11.4. The first kappa shape index (κ1) is 13.9. The number of nitrogens with two attached hydrogens (primary N) is 1. The molecule has 0 saturated carbocycles. The molecule has 1 heterocycles. The molecule has 0 spiro atoms. The molecule has 1 aromatic heterocycles. The molecule has 0 aliphatic rings. The Morgan fingerprint density at radius 2 is 2.00 bits per heavy atom. The Morgan fingerprint density at radius 3 is 2.60 bits per heavy atom. The molecule has 5 heteroatoms. The van der Waals surface area contributed by atoms with Crippen molar-refractivity contribution in [3.05, 3.63) is 41.6 Å². The third-order valence-electron chi connectivity index (χ3n) is 2.92. The van der Waals surface area contributed by atoms with Gasteiger partial charge in [0.2, 0.25) is 0 Å². The number of pyridine rings is 1. The molecular weight excluding hydrogens is 256 g/mol. The topological polar surface area (TPSA) is 85.4 Å². The summed E-state index contributed by atoms with van der Waals surface area (Å²) in [5.41, 5.74) is 7.78. The summed E-state index contributed by atoms with van der Waals surface area (Å²) >= 11 is 0. The number of carboxylic acids is 1. The Balaban J connectivity index is 2.54. The highest BCUT2D eigenvalue weighted by Crippen LogP contribution is 2.29. The van der Waals surface area contributed by atoms with E-state index < -0.39 is 5.97 Å². The third kappa shape index (κ3) is 2.71. The highest BCUT2D eigenvalue weighted by atomic mass is 16.5. The Bertz CT molecular complexity index is 654. The molecule has 0 amide bonds. The number of hydrogen-bond donors (Lipinski definition) is 2. The fraction of sp³-hybridized carbons (Fsp3) is 0.200. The lowest BCUT2D eigenvalue weighted by atomic mass is 9.99. The summed E-state index contributed by atoms with van der Waals surface area (Å²) in [5.74, 6) is -0.149. The molecule has 0 bridgehead atoms. The average molecular weight is 272 g/mol. The Hall–Kier alpha value is -2.56. The van der Waals surface area contributed by atoms with Crippen LogP contribution in [0.2, 0.25) is 0 Å². The second kappa shape index (κ2) is 5.61. The summed E-state index contributed by atoms with van der Waals surface area (Å²) in [6.07, 6.45) is 0. The van der Waals surface area contributed by atoms with Crippen molar-refractivity contribution in [2.75, 3.05) is 12.3 Å². The van der Waals surface area contributed by atoms with Crippen molar-refractivity contribution in [3.63, 3.8) is 0 Å². The predicted octanol–water partition coefficient (Wildman–Crippen LogP) is 2.74. The molecule has 0 saturated heterocycles. The summed E-state index contributed by atoms with van der Waals surface area (Å²) in [5, 5.41) is 9.24. The Morgan fingerprint density at radius 1 is 1.30 bits per heavy atom. The lowest BCUT2D eigenvalue weighted by Gasteiger charge is -2.11. The van der Waals surface area contributed by atoms with E-state index in [0.29, 0.717) is 12.2 Å². The van der Waals surface area contributed by atoms with Crippen LogP contribution >= 0.6 is 0 Å². The van der Waals surface area contributed by atoms with Crippen LogP contribution in [-0.4, -0.2) is 22.7 Å². The highest BCUT2D eigenvalue weighted by Gasteiger charge is 2.15. The van der Waals surface area contributed by atoms with E-state index >= 15 is 0 Å². The molecule has 0 aliphatic heterocycles. The smallest absolute Gasteiger partial charge is 0.355 e. The summed E-state index contributed by atoms with van der Waals surface area (Å²) in [6.45, 7) is 4.40. The molecule has 0 aliphatic carbocycles. The zero-order chi connectivity index (χ0) is 14.7. The molecule has 5 nitrogen and oxygen atoms in total. The number of nitrogens with zero attached hydrogens (tertiary/aromatic N) is 1. The standard InChI is InChI=1S/C15H16N2O3/c1-3-20-10-4-5-11(9(2)8-10)12-6-7-13(16)17-14(12)15(18)19/h4-8H,3H2,1-2H3,(H2,16,17)(H,18,19). The fourth-order valence-electron chi connectivity index (χ4n) is 2.05. The van der Waals surface area contributed by atoms with E-state index in [1.54, 1.807) is 12.1 Å². The van der Waals surface area contributed by atoms with E-state index in [2.05, 4.69) is 4.98 Å². The van der Waals surface area contributed by atoms with Crippen LogP contribution < -0.4 is 10.5 Å². The molecule has 3 N–H and O–H groups in total. The van der Waals surface area contributed by atoms with E-state index in [0.717, 1.165) is 16.9 Å². The van der Waals surface area contributed by atoms with Gasteiger partial charge in [-0.3, -0.25) is 0 Å². The van der Waals surface area contributed by atoms with Gasteiger partial charge in [0.1, 0.15) is 11.6 Å². The normalized spacial score (nSPS) is 10.3. The monoisotopic (exact) mass is 272 g/mol. The minimum Gasteiger partial charge on any atom is -0.494 e. The molecule has 0 unspecified atom stereocenters. The van der Waals surface area contributed by atoms with Crippen molar-refractivity contribution < 1.29 is 14.6 Å². The van der Waals surface area contributed by atoms with Gasteiger partial charge < -0.3 is 15.6 Å². The van der Waals surface area contributed by atoms with Crippen molar-refractivity contribution >= 4 is 11.8 Å². The molecule has 1 aromatic carbocycles. The number of ether oxygens (including phenoxy) is 1. The van der Waals surface area contributed by atoms with Gasteiger partial charge in [-0.1, -0.05) is 6.07 Å². The van der Waals surface area contributed by atoms with Crippen LogP contribution in [0.5, 0.6) is 5.75 Å². The number of carboxylic acid groups (broad SMARTS) is 1.